The first kappa shape index (κ1) is 14.3. The zero-order valence-electron chi connectivity index (χ0n) is 12.1. The number of nitrogens with zero attached hydrogens (tertiary/aromatic N) is 1. The summed E-state index contributed by atoms with van der Waals surface area (Å²) in [5.41, 5.74) is 2.42. The lowest BCUT2D eigenvalue weighted by molar-refractivity contribution is 0.0698. The van der Waals surface area contributed by atoms with Gasteiger partial charge < -0.3 is 9.67 Å². The molecule has 0 bridgehead atoms. The summed E-state index contributed by atoms with van der Waals surface area (Å²) in [5, 5.41) is 10.1. The Morgan fingerprint density at radius 1 is 1.30 bits per heavy atom. The Kier molecular flexibility index (Phi) is 3.93. The van der Waals surface area contributed by atoms with Gasteiger partial charge in [0.1, 0.15) is 0 Å². The largest absolute Gasteiger partial charge is 0.478 e. The lowest BCUT2D eigenvalue weighted by Gasteiger charge is -2.09. The standard InChI is InChI=1S/C16H19NO3/c1-4-5-9-17-10(2)14(11(3)18)12-7-6-8-13(15(12)17)16(19)20/h6-8H,4-5,9H2,1-3H3,(H,19,20). The Balaban J connectivity index is 2.83. The molecule has 0 aliphatic heterocycles. The van der Waals surface area contributed by atoms with Crippen LogP contribution in [-0.2, 0) is 6.54 Å². The molecule has 0 radical (unpaired) electrons. The third kappa shape index (κ3) is 2.22. The molecular formula is C16H19NO3. The van der Waals surface area contributed by atoms with Crippen LogP contribution in [0.3, 0.4) is 0 Å². The van der Waals surface area contributed by atoms with Gasteiger partial charge in [0.25, 0.3) is 0 Å². The topological polar surface area (TPSA) is 59.3 Å². The molecule has 0 aliphatic rings. The molecule has 0 spiro atoms. The SMILES string of the molecule is CCCCn1c(C)c(C(C)=O)c2cccc(C(=O)O)c21. The van der Waals surface area contributed by atoms with Gasteiger partial charge in [-0.3, -0.25) is 4.79 Å². The lowest BCUT2D eigenvalue weighted by atomic mass is 10.1. The van der Waals surface area contributed by atoms with E-state index in [1.54, 1.807) is 12.1 Å². The summed E-state index contributed by atoms with van der Waals surface area (Å²) in [6.45, 7) is 6.23. The molecule has 2 aromatic rings. The number of aryl methyl sites for hydroxylation is 1. The zero-order chi connectivity index (χ0) is 14.9. The van der Waals surface area contributed by atoms with E-state index in [-0.39, 0.29) is 11.3 Å². The van der Waals surface area contributed by atoms with Gasteiger partial charge in [0.05, 0.1) is 11.1 Å². The number of fused-ring (bicyclic) bond motifs is 1. The predicted octanol–water partition coefficient (Wildman–Crippen LogP) is 3.65. The maximum atomic E-state index is 11.9. The second kappa shape index (κ2) is 5.49. The Morgan fingerprint density at radius 2 is 2.00 bits per heavy atom. The molecule has 0 fully saturated rings. The molecule has 0 saturated carbocycles. The third-order valence-electron chi connectivity index (χ3n) is 3.66. The van der Waals surface area contributed by atoms with Gasteiger partial charge in [0.2, 0.25) is 0 Å². The number of para-hydroxylation sites is 1. The number of aromatic nitrogens is 1. The van der Waals surface area contributed by atoms with Crippen molar-refractivity contribution in [2.45, 2.75) is 40.2 Å². The number of unbranched alkanes of at least 4 members (excludes halogenated alkanes) is 1. The highest BCUT2D eigenvalue weighted by Gasteiger charge is 2.21. The molecule has 106 valence electrons. The van der Waals surface area contributed by atoms with E-state index in [1.807, 2.05) is 17.6 Å². The van der Waals surface area contributed by atoms with Crippen molar-refractivity contribution in [1.82, 2.24) is 4.57 Å². The Labute approximate surface area is 118 Å². The average molecular weight is 273 g/mol. The maximum absolute atomic E-state index is 11.9. The van der Waals surface area contributed by atoms with Crippen molar-refractivity contribution in [3.63, 3.8) is 0 Å². The highest BCUT2D eigenvalue weighted by molar-refractivity contribution is 6.12. The molecule has 0 unspecified atom stereocenters. The molecule has 1 heterocycles. The van der Waals surface area contributed by atoms with E-state index in [9.17, 15) is 14.7 Å². The van der Waals surface area contributed by atoms with E-state index in [0.29, 0.717) is 11.1 Å². The van der Waals surface area contributed by atoms with Crippen molar-refractivity contribution < 1.29 is 14.7 Å². The average Bonchev–Trinajstić information content (AvgIpc) is 2.67. The van der Waals surface area contributed by atoms with Crippen molar-refractivity contribution in [2.75, 3.05) is 0 Å². The van der Waals surface area contributed by atoms with Crippen LogP contribution in [0.15, 0.2) is 18.2 Å². The van der Waals surface area contributed by atoms with Crippen molar-refractivity contribution >= 4 is 22.7 Å². The van der Waals surface area contributed by atoms with Crippen LogP contribution in [-0.4, -0.2) is 21.4 Å². The number of rotatable bonds is 5. The van der Waals surface area contributed by atoms with Crippen molar-refractivity contribution in [3.05, 3.63) is 35.0 Å². The summed E-state index contributed by atoms with van der Waals surface area (Å²) in [6.07, 6.45) is 1.97. The summed E-state index contributed by atoms with van der Waals surface area (Å²) in [7, 11) is 0. The Morgan fingerprint density at radius 3 is 2.55 bits per heavy atom. The number of hydrogen-bond donors (Lipinski definition) is 1. The highest BCUT2D eigenvalue weighted by Crippen LogP contribution is 2.29. The smallest absolute Gasteiger partial charge is 0.337 e. The number of carbonyl (C=O) groups is 2. The zero-order valence-corrected chi connectivity index (χ0v) is 12.1. The van der Waals surface area contributed by atoms with Crippen LogP contribution in [0.1, 0.15) is 53.1 Å². The number of carbonyl (C=O) groups excluding carboxylic acids is 1. The van der Waals surface area contributed by atoms with Crippen LogP contribution in [0.25, 0.3) is 10.9 Å². The molecule has 1 aromatic heterocycles. The van der Waals surface area contributed by atoms with E-state index >= 15 is 0 Å². The van der Waals surface area contributed by atoms with Crippen LogP contribution in [0.2, 0.25) is 0 Å². The van der Waals surface area contributed by atoms with Gasteiger partial charge in [-0.1, -0.05) is 25.5 Å². The minimum Gasteiger partial charge on any atom is -0.478 e. The van der Waals surface area contributed by atoms with E-state index in [2.05, 4.69) is 6.92 Å². The van der Waals surface area contributed by atoms with Gasteiger partial charge in [-0.05, 0) is 26.3 Å². The summed E-state index contributed by atoms with van der Waals surface area (Å²) in [5.74, 6) is -0.980. The van der Waals surface area contributed by atoms with Crippen molar-refractivity contribution in [1.29, 1.82) is 0 Å². The van der Waals surface area contributed by atoms with E-state index in [1.165, 1.54) is 6.92 Å². The van der Waals surface area contributed by atoms with E-state index in [0.717, 1.165) is 30.5 Å². The van der Waals surface area contributed by atoms with Gasteiger partial charge in [-0.15, -0.1) is 0 Å². The first-order valence-corrected chi connectivity index (χ1v) is 6.85. The first-order valence-electron chi connectivity index (χ1n) is 6.85. The molecule has 1 N–H and O–H groups in total. The molecule has 1 aromatic carbocycles. The monoisotopic (exact) mass is 273 g/mol. The molecular weight excluding hydrogens is 254 g/mol. The van der Waals surface area contributed by atoms with Crippen LogP contribution in [0, 0.1) is 6.92 Å². The highest BCUT2D eigenvalue weighted by atomic mass is 16.4. The van der Waals surface area contributed by atoms with Gasteiger partial charge in [-0.2, -0.15) is 0 Å². The summed E-state index contributed by atoms with van der Waals surface area (Å²) in [6, 6.07) is 5.12. The molecule has 0 atom stereocenters. The fourth-order valence-electron chi connectivity index (χ4n) is 2.75. The summed E-state index contributed by atoms with van der Waals surface area (Å²) >= 11 is 0. The van der Waals surface area contributed by atoms with Crippen LogP contribution < -0.4 is 0 Å². The quantitative estimate of drug-likeness (QED) is 0.846. The number of Topliss-reactive ketones (excluding diaryl/α,β-unsaturated/α-hetero) is 1. The molecule has 0 saturated heterocycles. The van der Waals surface area contributed by atoms with Crippen LogP contribution in [0.4, 0.5) is 0 Å². The number of carboxylic acid groups (broad SMARTS) is 1. The summed E-state index contributed by atoms with van der Waals surface area (Å²) in [4.78, 5) is 23.3. The van der Waals surface area contributed by atoms with Gasteiger partial charge in [0, 0.05) is 23.2 Å². The number of hydrogen-bond acceptors (Lipinski definition) is 2. The fraction of sp³-hybridized carbons (Fsp3) is 0.375. The van der Waals surface area contributed by atoms with Gasteiger partial charge >= 0.3 is 5.97 Å². The van der Waals surface area contributed by atoms with Gasteiger partial charge in [0.15, 0.2) is 5.78 Å². The molecule has 4 nitrogen and oxygen atoms in total. The molecule has 0 aliphatic carbocycles. The first-order chi connectivity index (χ1) is 9.49. The van der Waals surface area contributed by atoms with Crippen LogP contribution >= 0.6 is 0 Å². The third-order valence-corrected chi connectivity index (χ3v) is 3.66. The molecule has 4 heteroatoms. The number of carboxylic acids is 1. The van der Waals surface area contributed by atoms with E-state index in [4.69, 9.17) is 0 Å². The Hall–Kier alpha value is -2.10. The maximum Gasteiger partial charge on any atom is 0.337 e. The molecule has 0 amide bonds. The minimum atomic E-state index is -0.957. The van der Waals surface area contributed by atoms with Crippen molar-refractivity contribution in [3.8, 4) is 0 Å². The second-order valence-electron chi connectivity index (χ2n) is 5.03. The number of ketones is 1. The molecule has 2 rings (SSSR count). The Bertz CT molecular complexity index is 683. The van der Waals surface area contributed by atoms with E-state index < -0.39 is 5.97 Å². The van der Waals surface area contributed by atoms with Crippen LogP contribution in [0.5, 0.6) is 0 Å². The number of aromatic carboxylic acids is 1. The fourth-order valence-corrected chi connectivity index (χ4v) is 2.75. The minimum absolute atomic E-state index is 0.0229. The lowest BCUT2D eigenvalue weighted by Crippen LogP contribution is -2.05. The summed E-state index contributed by atoms with van der Waals surface area (Å²) < 4.78 is 1.97. The predicted molar refractivity (Wildman–Crippen MR) is 78.5 cm³/mol. The molecule has 20 heavy (non-hydrogen) atoms. The van der Waals surface area contributed by atoms with Crippen molar-refractivity contribution in [2.24, 2.45) is 0 Å². The second-order valence-corrected chi connectivity index (χ2v) is 5.03. The number of benzene rings is 1. The normalized spacial score (nSPS) is 10.9. The van der Waals surface area contributed by atoms with Gasteiger partial charge in [-0.25, -0.2) is 4.79 Å².